The van der Waals surface area contributed by atoms with Crippen LogP contribution in [-0.2, 0) is 6.42 Å². The highest BCUT2D eigenvalue weighted by Gasteiger charge is 2.14. The Morgan fingerprint density at radius 2 is 1.74 bits per heavy atom. The van der Waals surface area contributed by atoms with Crippen LogP contribution >= 0.6 is 0 Å². The van der Waals surface area contributed by atoms with E-state index in [1.54, 1.807) is 13.4 Å². The summed E-state index contributed by atoms with van der Waals surface area (Å²) in [4.78, 5) is 9.35. The largest absolute Gasteiger partial charge is 0.497 e. The van der Waals surface area contributed by atoms with E-state index in [1.165, 1.54) is 16.7 Å². The second-order valence-corrected chi connectivity index (χ2v) is 8.58. The zero-order chi connectivity index (χ0) is 23.9. The maximum Gasteiger partial charge on any atom is 0.137 e. The van der Waals surface area contributed by atoms with E-state index in [0.29, 0.717) is 0 Å². The quantitative estimate of drug-likeness (QED) is 0.311. The molecule has 0 saturated carbocycles. The summed E-state index contributed by atoms with van der Waals surface area (Å²) in [7, 11) is 1.68. The Kier molecular flexibility index (Phi) is 7.38. The molecule has 4 nitrogen and oxygen atoms in total. The average Bonchev–Trinajstić information content (AvgIpc) is 2.86. The molecule has 4 rings (SSSR count). The summed E-state index contributed by atoms with van der Waals surface area (Å²) in [5.74, 6) is 1.68. The van der Waals surface area contributed by atoms with E-state index < -0.39 is 0 Å². The summed E-state index contributed by atoms with van der Waals surface area (Å²) >= 11 is 0. The Hall–Kier alpha value is -3.92. The van der Waals surface area contributed by atoms with Crippen LogP contribution in [0.3, 0.4) is 0 Å². The summed E-state index contributed by atoms with van der Waals surface area (Å²) in [6.45, 7) is 6.39. The second-order valence-electron chi connectivity index (χ2n) is 8.58. The van der Waals surface area contributed by atoms with E-state index in [4.69, 9.17) is 9.72 Å². The number of rotatable bonds is 8. The van der Waals surface area contributed by atoms with Crippen molar-refractivity contribution in [2.75, 3.05) is 12.4 Å². The number of nitrogens with zero attached hydrogens (tertiary/aromatic N) is 2. The summed E-state index contributed by atoms with van der Waals surface area (Å²) < 4.78 is 5.32. The number of anilines is 1. The maximum atomic E-state index is 5.32. The van der Waals surface area contributed by atoms with Crippen molar-refractivity contribution in [1.29, 1.82) is 0 Å². The Labute approximate surface area is 202 Å². The van der Waals surface area contributed by atoms with Gasteiger partial charge in [-0.15, -0.1) is 0 Å². The van der Waals surface area contributed by atoms with Crippen LogP contribution in [0.4, 0.5) is 5.82 Å². The Morgan fingerprint density at radius 1 is 0.971 bits per heavy atom. The van der Waals surface area contributed by atoms with Gasteiger partial charge in [-0.2, -0.15) is 0 Å². The van der Waals surface area contributed by atoms with E-state index in [2.05, 4.69) is 97.8 Å². The molecule has 0 fully saturated rings. The van der Waals surface area contributed by atoms with Gasteiger partial charge in [-0.05, 0) is 61.2 Å². The van der Waals surface area contributed by atoms with Gasteiger partial charge in [0.2, 0.25) is 0 Å². The molecule has 1 atom stereocenters. The highest BCUT2D eigenvalue weighted by Crippen LogP contribution is 2.28. The number of benzene rings is 3. The van der Waals surface area contributed by atoms with Crippen molar-refractivity contribution in [2.45, 2.75) is 33.2 Å². The number of aryl methyl sites for hydroxylation is 1. The lowest BCUT2D eigenvalue weighted by Gasteiger charge is -2.18. The van der Waals surface area contributed by atoms with Gasteiger partial charge in [-0.25, -0.2) is 9.97 Å². The smallest absolute Gasteiger partial charge is 0.137 e. The van der Waals surface area contributed by atoms with Crippen LogP contribution < -0.4 is 10.1 Å². The molecule has 0 saturated heterocycles. The summed E-state index contributed by atoms with van der Waals surface area (Å²) in [6.07, 6.45) is 4.58. The molecule has 0 spiro atoms. The van der Waals surface area contributed by atoms with Crippen molar-refractivity contribution in [3.05, 3.63) is 119 Å². The molecule has 1 unspecified atom stereocenters. The zero-order valence-electron chi connectivity index (χ0n) is 20.2. The molecule has 0 amide bonds. The molecule has 1 heterocycles. The topological polar surface area (TPSA) is 47.0 Å². The van der Waals surface area contributed by atoms with Gasteiger partial charge < -0.3 is 10.1 Å². The first-order chi connectivity index (χ1) is 16.5. The van der Waals surface area contributed by atoms with Crippen molar-refractivity contribution in [3.63, 3.8) is 0 Å². The SMILES string of the molecule is COc1ccc(/C(C)=C/c2c(Cc3cccc(C)c3)ncnc2NC(C)c2ccccc2)cc1. The fourth-order valence-electron chi connectivity index (χ4n) is 4.04. The summed E-state index contributed by atoms with van der Waals surface area (Å²) in [5.41, 5.74) is 7.97. The number of hydrogen-bond acceptors (Lipinski definition) is 4. The molecular weight excluding hydrogens is 418 g/mol. The Bertz CT molecular complexity index is 1260. The van der Waals surface area contributed by atoms with E-state index in [1.807, 2.05) is 18.2 Å². The molecule has 1 aromatic heterocycles. The van der Waals surface area contributed by atoms with Crippen LogP contribution in [-0.4, -0.2) is 17.1 Å². The maximum absolute atomic E-state index is 5.32. The van der Waals surface area contributed by atoms with Gasteiger partial charge in [0.05, 0.1) is 12.8 Å². The predicted octanol–water partition coefficient (Wildman–Crippen LogP) is 7.12. The monoisotopic (exact) mass is 449 g/mol. The minimum absolute atomic E-state index is 0.108. The average molecular weight is 450 g/mol. The number of hydrogen-bond donors (Lipinski definition) is 1. The molecule has 4 aromatic rings. The lowest BCUT2D eigenvalue weighted by molar-refractivity contribution is 0.415. The number of ether oxygens (including phenoxy) is 1. The molecule has 1 N–H and O–H groups in total. The van der Waals surface area contributed by atoms with Gasteiger partial charge in [0.25, 0.3) is 0 Å². The van der Waals surface area contributed by atoms with E-state index in [-0.39, 0.29) is 6.04 Å². The first kappa shape index (κ1) is 23.2. The van der Waals surface area contributed by atoms with Gasteiger partial charge in [-0.1, -0.05) is 72.3 Å². The van der Waals surface area contributed by atoms with Crippen molar-refractivity contribution >= 4 is 17.5 Å². The lowest BCUT2D eigenvalue weighted by atomic mass is 9.99. The highest BCUT2D eigenvalue weighted by atomic mass is 16.5. The molecule has 0 radical (unpaired) electrons. The van der Waals surface area contributed by atoms with Gasteiger partial charge in [0, 0.05) is 18.0 Å². The second kappa shape index (κ2) is 10.8. The molecule has 0 aliphatic heterocycles. The summed E-state index contributed by atoms with van der Waals surface area (Å²) in [6, 6.07) is 27.2. The van der Waals surface area contributed by atoms with Crippen molar-refractivity contribution in [2.24, 2.45) is 0 Å². The zero-order valence-corrected chi connectivity index (χ0v) is 20.2. The fourth-order valence-corrected chi connectivity index (χ4v) is 4.04. The van der Waals surface area contributed by atoms with Gasteiger partial charge >= 0.3 is 0 Å². The third kappa shape index (κ3) is 5.70. The van der Waals surface area contributed by atoms with Crippen molar-refractivity contribution in [1.82, 2.24) is 9.97 Å². The molecule has 3 aromatic carbocycles. The van der Waals surface area contributed by atoms with Crippen molar-refractivity contribution < 1.29 is 4.74 Å². The normalized spacial score (nSPS) is 12.3. The molecular formula is C30H31N3O. The molecule has 4 heteroatoms. The van der Waals surface area contributed by atoms with Crippen molar-refractivity contribution in [3.8, 4) is 5.75 Å². The molecule has 172 valence electrons. The van der Waals surface area contributed by atoms with Crippen LogP contribution in [0.5, 0.6) is 5.75 Å². The van der Waals surface area contributed by atoms with Gasteiger partial charge in [-0.3, -0.25) is 0 Å². The molecule has 0 aliphatic carbocycles. The third-order valence-electron chi connectivity index (χ3n) is 5.98. The number of nitrogens with one attached hydrogen (secondary N) is 1. The number of aromatic nitrogens is 2. The van der Waals surface area contributed by atoms with Crippen LogP contribution in [0.15, 0.2) is 85.2 Å². The van der Waals surface area contributed by atoms with Gasteiger partial charge in [0.1, 0.15) is 17.9 Å². The fraction of sp³-hybridized carbons (Fsp3) is 0.200. The highest BCUT2D eigenvalue weighted by molar-refractivity contribution is 5.84. The first-order valence-electron chi connectivity index (χ1n) is 11.6. The third-order valence-corrected chi connectivity index (χ3v) is 5.98. The molecule has 0 aliphatic rings. The van der Waals surface area contributed by atoms with E-state index in [9.17, 15) is 0 Å². The van der Waals surface area contributed by atoms with E-state index in [0.717, 1.165) is 40.4 Å². The number of allylic oxidation sites excluding steroid dienone is 1. The van der Waals surface area contributed by atoms with Crippen LogP contribution in [0, 0.1) is 6.92 Å². The minimum atomic E-state index is 0.108. The minimum Gasteiger partial charge on any atom is -0.497 e. The number of methoxy groups -OCH3 is 1. The Balaban J connectivity index is 1.74. The van der Waals surface area contributed by atoms with Crippen LogP contribution in [0.1, 0.15) is 53.4 Å². The van der Waals surface area contributed by atoms with Crippen LogP contribution in [0.25, 0.3) is 11.6 Å². The molecule has 34 heavy (non-hydrogen) atoms. The van der Waals surface area contributed by atoms with Gasteiger partial charge in [0.15, 0.2) is 0 Å². The standard InChI is InChI=1S/C30H31N3O/c1-21-9-8-10-24(17-21)19-29-28(18-22(2)25-13-15-27(34-4)16-14-25)30(32-20-31-29)33-23(3)26-11-6-5-7-12-26/h5-18,20,23H,19H2,1-4H3,(H,31,32,33)/b22-18+. The Morgan fingerprint density at radius 3 is 2.44 bits per heavy atom. The van der Waals surface area contributed by atoms with E-state index >= 15 is 0 Å². The first-order valence-corrected chi connectivity index (χ1v) is 11.6. The summed E-state index contributed by atoms with van der Waals surface area (Å²) in [5, 5.41) is 3.62. The lowest BCUT2D eigenvalue weighted by Crippen LogP contribution is -2.11. The molecule has 0 bridgehead atoms. The van der Waals surface area contributed by atoms with Crippen LogP contribution in [0.2, 0.25) is 0 Å². The predicted molar refractivity (Wildman–Crippen MR) is 141 cm³/mol.